The number of rotatable bonds is 5. The van der Waals surface area contributed by atoms with E-state index in [1.54, 1.807) is 25.1 Å². The highest BCUT2D eigenvalue weighted by Crippen LogP contribution is 2.36. The summed E-state index contributed by atoms with van der Waals surface area (Å²) in [5, 5.41) is 2.67. The maximum atomic E-state index is 13.0. The molecule has 0 saturated heterocycles. The summed E-state index contributed by atoms with van der Waals surface area (Å²) in [6, 6.07) is 9.33. The van der Waals surface area contributed by atoms with E-state index in [4.69, 9.17) is 14.2 Å². The fraction of sp³-hybridized carbons (Fsp3) is 0.278. The van der Waals surface area contributed by atoms with Crippen LogP contribution in [0.15, 0.2) is 42.5 Å². The van der Waals surface area contributed by atoms with E-state index in [1.807, 2.05) is 0 Å². The van der Waals surface area contributed by atoms with Gasteiger partial charge in [0.05, 0.1) is 17.2 Å². The molecule has 5 nitrogen and oxygen atoms in total. The predicted molar refractivity (Wildman–Crippen MR) is 86.4 cm³/mol. The Morgan fingerprint density at radius 2 is 1.96 bits per heavy atom. The monoisotopic (exact) mass is 367 g/mol. The standard InChI is InChI=1S/C18H16F3NO4/c1-11(9-24-14-7-3-2-6-13(14)18(19,20)21)22-17(23)12-5-4-8-15-16(12)26-10-25-15/h2-8,11H,9-10H2,1H3,(H,22,23). The summed E-state index contributed by atoms with van der Waals surface area (Å²) < 4.78 is 54.6. The first-order chi connectivity index (χ1) is 12.4. The molecular weight excluding hydrogens is 351 g/mol. The van der Waals surface area contributed by atoms with Crippen molar-refractivity contribution in [3.8, 4) is 17.2 Å². The lowest BCUT2D eigenvalue weighted by Gasteiger charge is -2.18. The van der Waals surface area contributed by atoms with Gasteiger partial charge in [-0.3, -0.25) is 4.79 Å². The number of alkyl halides is 3. The number of halogens is 3. The van der Waals surface area contributed by atoms with Crippen molar-refractivity contribution in [2.24, 2.45) is 0 Å². The average Bonchev–Trinajstić information content (AvgIpc) is 3.08. The third-order valence-electron chi connectivity index (χ3n) is 3.70. The van der Waals surface area contributed by atoms with Gasteiger partial charge in [-0.1, -0.05) is 18.2 Å². The molecule has 0 spiro atoms. The Hall–Kier alpha value is -2.90. The van der Waals surface area contributed by atoms with Crippen molar-refractivity contribution in [3.63, 3.8) is 0 Å². The van der Waals surface area contributed by atoms with Gasteiger partial charge in [0.1, 0.15) is 12.4 Å². The third-order valence-corrected chi connectivity index (χ3v) is 3.70. The van der Waals surface area contributed by atoms with Crippen LogP contribution in [0.2, 0.25) is 0 Å². The molecule has 0 bridgehead atoms. The summed E-state index contributed by atoms with van der Waals surface area (Å²) in [5.74, 6) is 0.118. The van der Waals surface area contributed by atoms with E-state index in [2.05, 4.69) is 5.32 Å². The smallest absolute Gasteiger partial charge is 0.419 e. The van der Waals surface area contributed by atoms with Crippen molar-refractivity contribution in [3.05, 3.63) is 53.6 Å². The lowest BCUT2D eigenvalue weighted by Crippen LogP contribution is -2.37. The van der Waals surface area contributed by atoms with Crippen LogP contribution in [0.1, 0.15) is 22.8 Å². The summed E-state index contributed by atoms with van der Waals surface area (Å²) in [6.45, 7) is 1.55. The minimum Gasteiger partial charge on any atom is -0.491 e. The molecule has 1 N–H and O–H groups in total. The van der Waals surface area contributed by atoms with Crippen molar-refractivity contribution in [2.75, 3.05) is 13.4 Å². The van der Waals surface area contributed by atoms with Crippen molar-refractivity contribution in [1.29, 1.82) is 0 Å². The lowest BCUT2D eigenvalue weighted by molar-refractivity contribution is -0.139. The van der Waals surface area contributed by atoms with Gasteiger partial charge >= 0.3 is 6.18 Å². The Balaban J connectivity index is 1.63. The molecule has 138 valence electrons. The second kappa shape index (κ2) is 7.15. The van der Waals surface area contributed by atoms with E-state index in [1.165, 1.54) is 18.2 Å². The van der Waals surface area contributed by atoms with Crippen LogP contribution in [0.3, 0.4) is 0 Å². The number of para-hydroxylation sites is 2. The Kier molecular flexibility index (Phi) is 4.92. The molecule has 1 unspecified atom stereocenters. The SMILES string of the molecule is CC(COc1ccccc1C(F)(F)F)NC(=O)c1cccc2c1OCO2. The summed E-state index contributed by atoms with van der Waals surface area (Å²) >= 11 is 0. The van der Waals surface area contributed by atoms with Crippen molar-refractivity contribution in [1.82, 2.24) is 5.32 Å². The number of benzene rings is 2. The molecule has 8 heteroatoms. The number of nitrogens with one attached hydrogen (secondary N) is 1. The minimum absolute atomic E-state index is 0.0342. The maximum Gasteiger partial charge on any atom is 0.419 e. The summed E-state index contributed by atoms with van der Waals surface area (Å²) in [5.41, 5.74) is -0.563. The van der Waals surface area contributed by atoms with Gasteiger partial charge in [0.2, 0.25) is 6.79 Å². The molecule has 0 fully saturated rings. The number of hydrogen-bond donors (Lipinski definition) is 1. The largest absolute Gasteiger partial charge is 0.491 e. The highest BCUT2D eigenvalue weighted by Gasteiger charge is 2.34. The third kappa shape index (κ3) is 3.84. The molecule has 1 heterocycles. The second-order valence-electron chi connectivity index (χ2n) is 5.72. The number of amides is 1. The van der Waals surface area contributed by atoms with Crippen molar-refractivity contribution < 1.29 is 32.2 Å². The number of carbonyl (C=O) groups excluding carboxylic acids is 1. The first-order valence-electron chi connectivity index (χ1n) is 7.85. The van der Waals surface area contributed by atoms with Crippen LogP contribution in [-0.4, -0.2) is 25.3 Å². The first-order valence-corrected chi connectivity index (χ1v) is 7.85. The zero-order chi connectivity index (χ0) is 18.7. The number of carbonyl (C=O) groups is 1. The van der Waals surface area contributed by atoms with Crippen LogP contribution < -0.4 is 19.5 Å². The molecule has 1 aliphatic heterocycles. The van der Waals surface area contributed by atoms with E-state index in [0.717, 1.165) is 6.07 Å². The molecule has 3 rings (SSSR count). The normalized spacial score (nSPS) is 14.0. The predicted octanol–water partition coefficient (Wildman–Crippen LogP) is 3.63. The van der Waals surface area contributed by atoms with Gasteiger partial charge in [-0.2, -0.15) is 13.2 Å². The molecule has 0 radical (unpaired) electrons. The van der Waals surface area contributed by atoms with Crippen LogP contribution >= 0.6 is 0 Å². The van der Waals surface area contributed by atoms with Crippen LogP contribution in [-0.2, 0) is 6.18 Å². The first kappa shape index (κ1) is 17.9. The van der Waals surface area contributed by atoms with E-state index >= 15 is 0 Å². The van der Waals surface area contributed by atoms with Gasteiger partial charge in [0.15, 0.2) is 11.5 Å². The zero-order valence-corrected chi connectivity index (χ0v) is 13.8. The molecule has 26 heavy (non-hydrogen) atoms. The second-order valence-corrected chi connectivity index (χ2v) is 5.72. The quantitative estimate of drug-likeness (QED) is 0.877. The fourth-order valence-electron chi connectivity index (χ4n) is 2.49. The van der Waals surface area contributed by atoms with E-state index in [9.17, 15) is 18.0 Å². The van der Waals surface area contributed by atoms with Crippen molar-refractivity contribution in [2.45, 2.75) is 19.1 Å². The van der Waals surface area contributed by atoms with Gasteiger partial charge < -0.3 is 19.5 Å². The van der Waals surface area contributed by atoms with E-state index in [-0.39, 0.29) is 19.1 Å². The molecule has 2 aromatic carbocycles. The van der Waals surface area contributed by atoms with Crippen LogP contribution in [0.5, 0.6) is 17.2 Å². The molecular formula is C18H16F3NO4. The Bertz CT molecular complexity index is 807. The molecule has 1 amide bonds. The van der Waals surface area contributed by atoms with Gasteiger partial charge in [-0.25, -0.2) is 0 Å². The van der Waals surface area contributed by atoms with Crippen LogP contribution in [0, 0.1) is 0 Å². The molecule has 1 aliphatic rings. The number of hydrogen-bond acceptors (Lipinski definition) is 4. The fourth-order valence-corrected chi connectivity index (χ4v) is 2.49. The van der Waals surface area contributed by atoms with E-state index in [0.29, 0.717) is 17.1 Å². The van der Waals surface area contributed by atoms with Gasteiger partial charge in [-0.05, 0) is 31.2 Å². The highest BCUT2D eigenvalue weighted by molar-refractivity contribution is 5.98. The summed E-state index contributed by atoms with van der Waals surface area (Å²) in [7, 11) is 0. The zero-order valence-electron chi connectivity index (χ0n) is 13.8. The minimum atomic E-state index is -4.51. The Labute approximate surface area is 147 Å². The summed E-state index contributed by atoms with van der Waals surface area (Å²) in [4.78, 5) is 12.4. The molecule has 1 atom stereocenters. The van der Waals surface area contributed by atoms with Gasteiger partial charge in [-0.15, -0.1) is 0 Å². The number of fused-ring (bicyclic) bond motifs is 1. The molecule has 0 saturated carbocycles. The maximum absolute atomic E-state index is 13.0. The Morgan fingerprint density at radius 3 is 2.73 bits per heavy atom. The Morgan fingerprint density at radius 1 is 1.19 bits per heavy atom. The topological polar surface area (TPSA) is 56.8 Å². The van der Waals surface area contributed by atoms with Crippen LogP contribution in [0.25, 0.3) is 0 Å². The molecule has 0 aliphatic carbocycles. The molecule has 0 aromatic heterocycles. The average molecular weight is 367 g/mol. The van der Waals surface area contributed by atoms with E-state index < -0.39 is 23.7 Å². The number of ether oxygens (including phenoxy) is 3. The molecule has 2 aromatic rings. The van der Waals surface area contributed by atoms with Crippen molar-refractivity contribution >= 4 is 5.91 Å². The van der Waals surface area contributed by atoms with Gasteiger partial charge in [0, 0.05) is 0 Å². The van der Waals surface area contributed by atoms with Crippen LogP contribution in [0.4, 0.5) is 13.2 Å². The highest BCUT2D eigenvalue weighted by atomic mass is 19.4. The lowest BCUT2D eigenvalue weighted by atomic mass is 10.1. The summed E-state index contributed by atoms with van der Waals surface area (Å²) in [6.07, 6.45) is -4.51. The van der Waals surface area contributed by atoms with Gasteiger partial charge in [0.25, 0.3) is 5.91 Å².